The molecular formula is C14H21ClN2O. The van der Waals surface area contributed by atoms with Gasteiger partial charge in [-0.05, 0) is 31.5 Å². The fourth-order valence-electron chi connectivity index (χ4n) is 2.50. The maximum Gasteiger partial charge on any atom is 0.0753 e. The molecule has 18 heavy (non-hydrogen) atoms. The van der Waals surface area contributed by atoms with Crippen LogP contribution in [-0.2, 0) is 4.74 Å². The SMILES string of the molecule is CC1(C)CN([C@@H](CN)c2ccc(Cl)cc2)CCO1. The molecule has 0 spiro atoms. The molecule has 100 valence electrons. The van der Waals surface area contributed by atoms with Crippen LogP contribution in [0.5, 0.6) is 0 Å². The molecule has 2 N–H and O–H groups in total. The van der Waals surface area contributed by atoms with Crippen LogP contribution in [0.1, 0.15) is 25.5 Å². The van der Waals surface area contributed by atoms with Crippen LogP contribution in [-0.4, -0.2) is 36.7 Å². The van der Waals surface area contributed by atoms with E-state index in [1.807, 2.05) is 12.1 Å². The van der Waals surface area contributed by atoms with Crippen LogP contribution in [0, 0.1) is 0 Å². The van der Waals surface area contributed by atoms with E-state index in [2.05, 4.69) is 30.9 Å². The second-order valence-corrected chi connectivity index (χ2v) is 5.82. The maximum absolute atomic E-state index is 5.95. The number of morpholine rings is 1. The van der Waals surface area contributed by atoms with Crippen LogP contribution in [0.15, 0.2) is 24.3 Å². The normalized spacial score (nSPS) is 21.8. The van der Waals surface area contributed by atoms with E-state index in [1.54, 1.807) is 0 Å². The molecule has 1 aliphatic heterocycles. The minimum absolute atomic E-state index is 0.0991. The van der Waals surface area contributed by atoms with E-state index < -0.39 is 0 Å². The zero-order valence-corrected chi connectivity index (χ0v) is 11.8. The van der Waals surface area contributed by atoms with Crippen molar-refractivity contribution in [2.24, 2.45) is 5.73 Å². The van der Waals surface area contributed by atoms with Gasteiger partial charge < -0.3 is 10.5 Å². The smallest absolute Gasteiger partial charge is 0.0753 e. The van der Waals surface area contributed by atoms with E-state index >= 15 is 0 Å². The highest BCUT2D eigenvalue weighted by atomic mass is 35.5. The van der Waals surface area contributed by atoms with Gasteiger partial charge in [-0.1, -0.05) is 23.7 Å². The van der Waals surface area contributed by atoms with E-state index in [0.29, 0.717) is 6.54 Å². The Hall–Kier alpha value is -0.610. The van der Waals surface area contributed by atoms with Crippen molar-refractivity contribution in [1.82, 2.24) is 4.90 Å². The molecule has 0 radical (unpaired) electrons. The molecule has 1 saturated heterocycles. The van der Waals surface area contributed by atoms with Gasteiger partial charge in [-0.3, -0.25) is 4.90 Å². The van der Waals surface area contributed by atoms with E-state index in [4.69, 9.17) is 22.1 Å². The Morgan fingerprint density at radius 3 is 2.61 bits per heavy atom. The van der Waals surface area contributed by atoms with Gasteiger partial charge in [-0.15, -0.1) is 0 Å². The van der Waals surface area contributed by atoms with Crippen LogP contribution in [0.4, 0.5) is 0 Å². The van der Waals surface area contributed by atoms with E-state index in [1.165, 1.54) is 5.56 Å². The van der Waals surface area contributed by atoms with Crippen molar-refractivity contribution in [3.8, 4) is 0 Å². The molecule has 3 nitrogen and oxygen atoms in total. The van der Waals surface area contributed by atoms with Crippen molar-refractivity contribution in [1.29, 1.82) is 0 Å². The average molecular weight is 269 g/mol. The lowest BCUT2D eigenvalue weighted by Crippen LogP contribution is -2.50. The summed E-state index contributed by atoms with van der Waals surface area (Å²) in [7, 11) is 0. The first kappa shape index (κ1) is 13.8. The Bertz CT molecular complexity index is 391. The first-order valence-corrected chi connectivity index (χ1v) is 6.73. The quantitative estimate of drug-likeness (QED) is 0.915. The van der Waals surface area contributed by atoms with Gasteiger partial charge in [0, 0.05) is 30.7 Å². The largest absolute Gasteiger partial charge is 0.373 e. The highest BCUT2D eigenvalue weighted by Gasteiger charge is 2.31. The molecule has 0 saturated carbocycles. The monoisotopic (exact) mass is 268 g/mol. The Morgan fingerprint density at radius 1 is 1.39 bits per heavy atom. The van der Waals surface area contributed by atoms with Gasteiger partial charge in [0.05, 0.1) is 12.2 Å². The van der Waals surface area contributed by atoms with Gasteiger partial charge in [-0.25, -0.2) is 0 Å². The van der Waals surface area contributed by atoms with Crippen molar-refractivity contribution in [2.75, 3.05) is 26.2 Å². The highest BCUT2D eigenvalue weighted by molar-refractivity contribution is 6.30. The van der Waals surface area contributed by atoms with Crippen molar-refractivity contribution in [3.05, 3.63) is 34.9 Å². The van der Waals surface area contributed by atoms with Crippen molar-refractivity contribution in [3.63, 3.8) is 0 Å². The zero-order chi connectivity index (χ0) is 13.2. The molecule has 0 aromatic heterocycles. The summed E-state index contributed by atoms with van der Waals surface area (Å²) in [6.07, 6.45) is 0. The molecule has 1 aliphatic rings. The number of benzene rings is 1. The van der Waals surface area contributed by atoms with Gasteiger partial charge in [0.15, 0.2) is 0 Å². The van der Waals surface area contributed by atoms with Crippen molar-refractivity contribution < 1.29 is 4.74 Å². The Balaban J connectivity index is 2.15. The molecule has 4 heteroatoms. The number of nitrogens with two attached hydrogens (primary N) is 1. The molecular weight excluding hydrogens is 248 g/mol. The van der Waals surface area contributed by atoms with Gasteiger partial charge >= 0.3 is 0 Å². The van der Waals surface area contributed by atoms with Gasteiger partial charge in [0.2, 0.25) is 0 Å². The van der Waals surface area contributed by atoms with Gasteiger partial charge in [-0.2, -0.15) is 0 Å². The predicted molar refractivity (Wildman–Crippen MR) is 74.9 cm³/mol. The molecule has 0 bridgehead atoms. The van der Waals surface area contributed by atoms with Crippen LogP contribution in [0.3, 0.4) is 0 Å². The third-order valence-electron chi connectivity index (χ3n) is 3.37. The first-order valence-electron chi connectivity index (χ1n) is 6.35. The topological polar surface area (TPSA) is 38.5 Å². The summed E-state index contributed by atoms with van der Waals surface area (Å²) in [4.78, 5) is 2.40. The molecule has 0 aliphatic carbocycles. The molecule has 2 rings (SSSR count). The van der Waals surface area contributed by atoms with Crippen molar-refractivity contribution in [2.45, 2.75) is 25.5 Å². The molecule has 1 aromatic rings. The van der Waals surface area contributed by atoms with Gasteiger partial charge in [0.1, 0.15) is 0 Å². The highest BCUT2D eigenvalue weighted by Crippen LogP contribution is 2.26. The molecule has 1 atom stereocenters. The lowest BCUT2D eigenvalue weighted by molar-refractivity contribution is -0.0967. The van der Waals surface area contributed by atoms with E-state index in [9.17, 15) is 0 Å². The van der Waals surface area contributed by atoms with Crippen LogP contribution in [0.25, 0.3) is 0 Å². The van der Waals surface area contributed by atoms with Gasteiger partial charge in [0.25, 0.3) is 0 Å². The molecule has 1 fully saturated rings. The summed E-state index contributed by atoms with van der Waals surface area (Å²) in [5.74, 6) is 0. The molecule has 1 heterocycles. The van der Waals surface area contributed by atoms with E-state index in [-0.39, 0.29) is 11.6 Å². The minimum Gasteiger partial charge on any atom is -0.373 e. The average Bonchev–Trinajstić information content (AvgIpc) is 2.31. The third-order valence-corrected chi connectivity index (χ3v) is 3.63. The maximum atomic E-state index is 5.95. The van der Waals surface area contributed by atoms with Crippen LogP contribution in [0.2, 0.25) is 5.02 Å². The Kier molecular flexibility index (Phi) is 4.28. The summed E-state index contributed by atoms with van der Waals surface area (Å²) < 4.78 is 5.74. The molecule has 1 aromatic carbocycles. The summed E-state index contributed by atoms with van der Waals surface area (Å²) in [5.41, 5.74) is 7.07. The fraction of sp³-hybridized carbons (Fsp3) is 0.571. The molecule has 0 unspecified atom stereocenters. The second-order valence-electron chi connectivity index (χ2n) is 5.38. The number of hydrogen-bond donors (Lipinski definition) is 1. The standard InChI is InChI=1S/C14H21ClN2O/c1-14(2)10-17(7-8-18-14)13(9-16)11-3-5-12(15)6-4-11/h3-6,13H,7-10,16H2,1-2H3/t13-/m0/s1. The summed E-state index contributed by atoms with van der Waals surface area (Å²) in [6, 6.07) is 8.20. The first-order chi connectivity index (χ1) is 8.52. The van der Waals surface area contributed by atoms with Crippen LogP contribution < -0.4 is 5.73 Å². The van der Waals surface area contributed by atoms with Crippen LogP contribution >= 0.6 is 11.6 Å². The molecule has 0 amide bonds. The summed E-state index contributed by atoms with van der Waals surface area (Å²) in [6.45, 7) is 7.43. The summed E-state index contributed by atoms with van der Waals surface area (Å²) in [5, 5.41) is 0.761. The number of halogens is 1. The van der Waals surface area contributed by atoms with Crippen molar-refractivity contribution >= 4 is 11.6 Å². The van der Waals surface area contributed by atoms with E-state index in [0.717, 1.165) is 24.7 Å². The lowest BCUT2D eigenvalue weighted by atomic mass is 10.0. The number of rotatable bonds is 3. The fourth-order valence-corrected chi connectivity index (χ4v) is 2.63. The summed E-state index contributed by atoms with van der Waals surface area (Å²) >= 11 is 5.93. The number of hydrogen-bond acceptors (Lipinski definition) is 3. The minimum atomic E-state index is -0.0991. The zero-order valence-electron chi connectivity index (χ0n) is 11.0. The number of nitrogens with zero attached hydrogens (tertiary/aromatic N) is 1. The second kappa shape index (κ2) is 5.57. The predicted octanol–water partition coefficient (Wildman–Crippen LogP) is 2.45. The lowest BCUT2D eigenvalue weighted by Gasteiger charge is -2.42. The Labute approximate surface area is 114 Å². The number of ether oxygens (including phenoxy) is 1. The third kappa shape index (κ3) is 3.23. The Morgan fingerprint density at radius 2 is 2.06 bits per heavy atom.